The van der Waals surface area contributed by atoms with Gasteiger partial charge in [0.2, 0.25) is 5.78 Å². The zero-order valence-corrected chi connectivity index (χ0v) is 18.2. The first-order valence-electron chi connectivity index (χ1n) is 10.5. The summed E-state index contributed by atoms with van der Waals surface area (Å²) in [7, 11) is 0. The molecule has 2 aromatic carbocycles. The lowest BCUT2D eigenvalue weighted by molar-refractivity contribution is 0.433. The van der Waals surface area contributed by atoms with Crippen molar-refractivity contribution in [1.29, 1.82) is 0 Å². The van der Waals surface area contributed by atoms with E-state index in [1.165, 1.54) is 11.1 Å². The van der Waals surface area contributed by atoms with Crippen LogP contribution in [-0.2, 0) is 24.8 Å². The highest BCUT2D eigenvalue weighted by Gasteiger charge is 2.38. The summed E-state index contributed by atoms with van der Waals surface area (Å²) in [6.45, 7) is 4.97. The standard InChI is InChI=1S/C25H25N3OS/c1-3-25(2)15-18-11-7-8-12-19(18)22-21(25)23(29)27(24-26-16-20(30)28(22)24)14-13-17-9-5-4-6-10-17/h4-12,16,30H,3,13-15H2,1-2H3. The Balaban J connectivity index is 1.80. The van der Waals surface area contributed by atoms with E-state index in [1.54, 1.807) is 6.20 Å². The maximum atomic E-state index is 13.9. The van der Waals surface area contributed by atoms with Crippen LogP contribution in [0, 0.1) is 0 Å². The maximum absolute atomic E-state index is 13.9. The van der Waals surface area contributed by atoms with Crippen molar-refractivity contribution in [3.8, 4) is 11.3 Å². The predicted molar refractivity (Wildman–Crippen MR) is 124 cm³/mol. The minimum absolute atomic E-state index is 0.0752. The first kappa shape index (κ1) is 19.2. The van der Waals surface area contributed by atoms with Gasteiger partial charge in [0.1, 0.15) is 0 Å². The highest BCUT2D eigenvalue weighted by molar-refractivity contribution is 7.80. The van der Waals surface area contributed by atoms with Crippen LogP contribution in [0.4, 0.5) is 0 Å². The van der Waals surface area contributed by atoms with Crippen LogP contribution >= 0.6 is 12.6 Å². The largest absolute Gasteiger partial charge is 0.278 e. The molecule has 4 nitrogen and oxygen atoms in total. The zero-order chi connectivity index (χ0) is 20.9. The minimum atomic E-state index is -0.228. The van der Waals surface area contributed by atoms with E-state index >= 15 is 0 Å². The fraction of sp³-hybridized carbons (Fsp3) is 0.280. The van der Waals surface area contributed by atoms with Crippen LogP contribution in [0.2, 0.25) is 0 Å². The molecule has 30 heavy (non-hydrogen) atoms. The van der Waals surface area contributed by atoms with Crippen molar-refractivity contribution in [2.45, 2.75) is 50.1 Å². The van der Waals surface area contributed by atoms with Gasteiger partial charge in [0.05, 0.1) is 16.9 Å². The van der Waals surface area contributed by atoms with Crippen molar-refractivity contribution >= 4 is 18.4 Å². The molecular formula is C25H25N3OS. The van der Waals surface area contributed by atoms with Gasteiger partial charge in [0, 0.05) is 23.1 Å². The van der Waals surface area contributed by atoms with E-state index in [0.29, 0.717) is 12.3 Å². The van der Waals surface area contributed by atoms with Gasteiger partial charge in [-0.25, -0.2) is 4.98 Å². The minimum Gasteiger partial charge on any atom is -0.278 e. The smallest absolute Gasteiger partial charge is 0.259 e. The monoisotopic (exact) mass is 415 g/mol. The summed E-state index contributed by atoms with van der Waals surface area (Å²) < 4.78 is 3.91. The second kappa shape index (κ2) is 7.17. The first-order valence-corrected chi connectivity index (χ1v) is 10.9. The molecule has 2 heterocycles. The Bertz CT molecular complexity index is 1310. The fourth-order valence-electron chi connectivity index (χ4n) is 4.78. The highest BCUT2D eigenvalue weighted by atomic mass is 32.1. The molecule has 0 bridgehead atoms. The summed E-state index contributed by atoms with van der Waals surface area (Å²) in [6, 6.07) is 18.7. The van der Waals surface area contributed by atoms with E-state index in [9.17, 15) is 4.79 Å². The zero-order valence-electron chi connectivity index (χ0n) is 17.3. The number of imidazole rings is 1. The number of hydrogen-bond acceptors (Lipinski definition) is 3. The Morgan fingerprint density at radius 3 is 2.60 bits per heavy atom. The van der Waals surface area contributed by atoms with Crippen LogP contribution in [0.15, 0.2) is 70.6 Å². The van der Waals surface area contributed by atoms with Crippen LogP contribution in [0.25, 0.3) is 17.0 Å². The molecule has 2 aromatic heterocycles. The van der Waals surface area contributed by atoms with Crippen molar-refractivity contribution in [3.63, 3.8) is 0 Å². The van der Waals surface area contributed by atoms with Crippen LogP contribution in [0.3, 0.4) is 0 Å². The van der Waals surface area contributed by atoms with E-state index in [2.05, 4.69) is 53.6 Å². The molecule has 5 rings (SSSR count). The van der Waals surface area contributed by atoms with E-state index < -0.39 is 0 Å². The van der Waals surface area contributed by atoms with E-state index in [-0.39, 0.29) is 11.0 Å². The molecule has 152 valence electrons. The highest BCUT2D eigenvalue weighted by Crippen LogP contribution is 2.43. The second-order valence-corrected chi connectivity index (χ2v) is 8.87. The average Bonchev–Trinajstić information content (AvgIpc) is 3.15. The number of rotatable bonds is 4. The molecule has 5 heteroatoms. The number of thiol groups is 1. The molecular weight excluding hydrogens is 390 g/mol. The summed E-state index contributed by atoms with van der Waals surface area (Å²) in [4.78, 5) is 18.5. The molecule has 0 amide bonds. The molecule has 1 aliphatic rings. The number of aryl methyl sites for hydroxylation is 2. The van der Waals surface area contributed by atoms with Crippen LogP contribution < -0.4 is 5.56 Å². The molecule has 0 spiro atoms. The van der Waals surface area contributed by atoms with Crippen LogP contribution in [-0.4, -0.2) is 14.0 Å². The summed E-state index contributed by atoms with van der Waals surface area (Å²) in [5.41, 5.74) is 5.29. The first-order chi connectivity index (χ1) is 14.5. The molecule has 0 N–H and O–H groups in total. The molecule has 0 fully saturated rings. The van der Waals surface area contributed by atoms with Crippen LogP contribution in [0.1, 0.15) is 37.0 Å². The Labute approximate surface area is 181 Å². The Morgan fingerprint density at radius 1 is 1.10 bits per heavy atom. The lowest BCUT2D eigenvalue weighted by Crippen LogP contribution is -2.40. The Kier molecular flexibility index (Phi) is 4.58. The molecule has 1 aliphatic carbocycles. The van der Waals surface area contributed by atoms with Crippen molar-refractivity contribution < 1.29 is 0 Å². The number of benzene rings is 2. The maximum Gasteiger partial charge on any atom is 0.259 e. The fourth-order valence-corrected chi connectivity index (χ4v) is 5.03. The van der Waals surface area contributed by atoms with Crippen LogP contribution in [0.5, 0.6) is 0 Å². The van der Waals surface area contributed by atoms with Gasteiger partial charge in [-0.2, -0.15) is 0 Å². The topological polar surface area (TPSA) is 39.3 Å². The SMILES string of the molecule is CCC1(C)Cc2ccccc2-c2c1c(=O)n(CCc1ccccc1)c1ncc(S)n21. The van der Waals surface area contributed by atoms with Gasteiger partial charge < -0.3 is 0 Å². The van der Waals surface area contributed by atoms with Gasteiger partial charge >= 0.3 is 0 Å². The van der Waals surface area contributed by atoms with E-state index in [1.807, 2.05) is 28.8 Å². The van der Waals surface area contributed by atoms with Gasteiger partial charge in [0.25, 0.3) is 5.56 Å². The average molecular weight is 416 g/mol. The molecule has 4 aromatic rings. The summed E-state index contributed by atoms with van der Waals surface area (Å²) in [6.07, 6.45) is 4.29. The number of fused-ring (bicyclic) bond motifs is 5. The number of aromatic nitrogens is 3. The van der Waals surface area contributed by atoms with Crippen molar-refractivity contribution in [1.82, 2.24) is 14.0 Å². The number of hydrogen-bond donors (Lipinski definition) is 1. The third-order valence-corrected chi connectivity index (χ3v) is 6.90. The van der Waals surface area contributed by atoms with Gasteiger partial charge in [-0.15, -0.1) is 12.6 Å². The molecule has 0 saturated carbocycles. The van der Waals surface area contributed by atoms with Gasteiger partial charge in [-0.1, -0.05) is 68.4 Å². The normalized spacial score (nSPS) is 17.7. The third-order valence-electron chi connectivity index (χ3n) is 6.59. The lowest BCUT2D eigenvalue weighted by atomic mass is 9.69. The second-order valence-electron chi connectivity index (χ2n) is 8.42. The molecule has 1 unspecified atom stereocenters. The molecule has 0 saturated heterocycles. The lowest BCUT2D eigenvalue weighted by Gasteiger charge is -2.36. The molecule has 1 atom stereocenters. The Morgan fingerprint density at radius 2 is 1.83 bits per heavy atom. The third kappa shape index (κ3) is 2.83. The van der Waals surface area contributed by atoms with Gasteiger partial charge in [0.15, 0.2) is 0 Å². The molecule has 0 aliphatic heterocycles. The van der Waals surface area contributed by atoms with Gasteiger partial charge in [-0.05, 0) is 30.4 Å². The van der Waals surface area contributed by atoms with E-state index in [4.69, 9.17) is 12.6 Å². The predicted octanol–water partition coefficient (Wildman–Crippen LogP) is 4.92. The van der Waals surface area contributed by atoms with E-state index in [0.717, 1.165) is 41.1 Å². The van der Waals surface area contributed by atoms with Gasteiger partial charge in [-0.3, -0.25) is 13.8 Å². The van der Waals surface area contributed by atoms with Crippen molar-refractivity contribution in [3.05, 3.63) is 87.8 Å². The summed E-state index contributed by atoms with van der Waals surface area (Å²) in [5.74, 6) is 0.662. The number of nitrogens with zero attached hydrogens (tertiary/aromatic N) is 3. The Hall–Kier alpha value is -2.79. The molecule has 0 radical (unpaired) electrons. The summed E-state index contributed by atoms with van der Waals surface area (Å²) in [5, 5.41) is 0.755. The van der Waals surface area contributed by atoms with Crippen molar-refractivity contribution in [2.75, 3.05) is 0 Å². The summed E-state index contributed by atoms with van der Waals surface area (Å²) >= 11 is 4.72. The quantitative estimate of drug-likeness (QED) is 0.481. The van der Waals surface area contributed by atoms with Crippen molar-refractivity contribution in [2.24, 2.45) is 0 Å².